The van der Waals surface area contributed by atoms with E-state index in [0.717, 1.165) is 24.8 Å². The Labute approximate surface area is 199 Å². The molecule has 7 heteroatoms. The van der Waals surface area contributed by atoms with Crippen LogP contribution < -0.4 is 5.56 Å². The van der Waals surface area contributed by atoms with Gasteiger partial charge in [0.25, 0.3) is 11.5 Å². The number of carbonyl (C=O) groups excluding carboxylic acids is 1. The average Bonchev–Trinajstić information content (AvgIpc) is 2.81. The number of hydrogen-bond acceptors (Lipinski definition) is 4. The highest BCUT2D eigenvalue weighted by Gasteiger charge is 2.14. The van der Waals surface area contributed by atoms with Crippen molar-refractivity contribution in [3.8, 4) is 0 Å². The van der Waals surface area contributed by atoms with Gasteiger partial charge >= 0.3 is 0 Å². The third kappa shape index (κ3) is 5.40. The van der Waals surface area contributed by atoms with Crippen molar-refractivity contribution in [1.29, 1.82) is 0 Å². The normalized spacial score (nSPS) is 11.0. The van der Waals surface area contributed by atoms with Gasteiger partial charge in [-0.05, 0) is 66.6 Å². The summed E-state index contributed by atoms with van der Waals surface area (Å²) in [7, 11) is 1.80. The number of pyridine rings is 2. The minimum absolute atomic E-state index is 0. The molecule has 172 valence electrons. The third-order valence-electron chi connectivity index (χ3n) is 5.82. The van der Waals surface area contributed by atoms with E-state index in [9.17, 15) is 9.59 Å². The highest BCUT2D eigenvalue weighted by molar-refractivity contribution is 5.94. The Hall–Kier alpha value is -3.25. The van der Waals surface area contributed by atoms with Crippen LogP contribution in [0.25, 0.3) is 16.6 Å². The maximum Gasteiger partial charge on any atom is 0.265 e. The molecule has 3 aromatic heterocycles. The molecule has 0 bridgehead atoms. The van der Waals surface area contributed by atoms with E-state index in [2.05, 4.69) is 29.9 Å². The third-order valence-corrected chi connectivity index (χ3v) is 5.82. The first-order valence-electron chi connectivity index (χ1n) is 11.0. The first-order valence-corrected chi connectivity index (χ1v) is 11.0. The van der Waals surface area contributed by atoms with E-state index in [-0.39, 0.29) is 23.9 Å². The number of fused-ring (bicyclic) bond motifs is 2. The van der Waals surface area contributed by atoms with Crippen LogP contribution in [0.5, 0.6) is 0 Å². The summed E-state index contributed by atoms with van der Waals surface area (Å²) in [4.78, 5) is 36.5. The largest absolute Gasteiger partial charge is 0.342 e. The van der Waals surface area contributed by atoms with Crippen LogP contribution in [0, 0.1) is 0 Å². The number of amides is 1. The van der Waals surface area contributed by atoms with Crippen LogP contribution in [0.15, 0.2) is 65.8 Å². The van der Waals surface area contributed by atoms with Crippen LogP contribution in [0.4, 0.5) is 0 Å². The van der Waals surface area contributed by atoms with Crippen molar-refractivity contribution in [3.63, 3.8) is 0 Å². The van der Waals surface area contributed by atoms with E-state index < -0.39 is 0 Å². The van der Waals surface area contributed by atoms with Crippen molar-refractivity contribution in [2.45, 2.75) is 39.0 Å². The SMILES string of the molecule is CC(C)c1ccc2nc3ccc(C(=O)N(C)CCCCc4cccnc4)cn3c(=O)c2c1.Cl. The Morgan fingerprint density at radius 2 is 1.94 bits per heavy atom. The molecule has 4 rings (SSSR count). The van der Waals surface area contributed by atoms with Gasteiger partial charge in [0.2, 0.25) is 0 Å². The van der Waals surface area contributed by atoms with Gasteiger partial charge in [0.05, 0.1) is 16.5 Å². The van der Waals surface area contributed by atoms with E-state index in [1.165, 1.54) is 9.96 Å². The Kier molecular flexibility index (Phi) is 7.82. The minimum atomic E-state index is -0.152. The summed E-state index contributed by atoms with van der Waals surface area (Å²) in [6.07, 6.45) is 8.08. The maximum atomic E-state index is 13.1. The quantitative estimate of drug-likeness (QED) is 0.288. The van der Waals surface area contributed by atoms with Crippen molar-refractivity contribution in [3.05, 3.63) is 88.1 Å². The molecular formula is C26H29ClN4O2. The molecule has 0 unspecified atom stereocenters. The number of nitrogens with zero attached hydrogens (tertiary/aromatic N) is 4. The second-order valence-corrected chi connectivity index (χ2v) is 8.54. The lowest BCUT2D eigenvalue weighted by molar-refractivity contribution is 0.0792. The fraction of sp³-hybridized carbons (Fsp3) is 0.308. The molecule has 0 N–H and O–H groups in total. The molecule has 0 atom stereocenters. The summed E-state index contributed by atoms with van der Waals surface area (Å²) in [6, 6.07) is 13.3. The zero-order valence-electron chi connectivity index (χ0n) is 19.2. The van der Waals surface area contributed by atoms with E-state index in [1.54, 1.807) is 36.5 Å². The second-order valence-electron chi connectivity index (χ2n) is 8.54. The zero-order valence-corrected chi connectivity index (χ0v) is 20.0. The van der Waals surface area contributed by atoms with Crippen molar-refractivity contribution >= 4 is 34.9 Å². The summed E-state index contributed by atoms with van der Waals surface area (Å²) in [5.74, 6) is 0.218. The number of benzene rings is 1. The molecular weight excluding hydrogens is 436 g/mol. The second kappa shape index (κ2) is 10.6. The Bertz CT molecular complexity index is 1320. The molecule has 3 heterocycles. The van der Waals surface area contributed by atoms with Gasteiger partial charge in [-0.3, -0.25) is 19.0 Å². The van der Waals surface area contributed by atoms with Gasteiger partial charge in [0.15, 0.2) is 0 Å². The Morgan fingerprint density at radius 1 is 1.12 bits per heavy atom. The predicted octanol–water partition coefficient (Wildman–Crippen LogP) is 4.88. The van der Waals surface area contributed by atoms with Gasteiger partial charge in [-0.1, -0.05) is 26.0 Å². The molecule has 33 heavy (non-hydrogen) atoms. The molecule has 1 amide bonds. The van der Waals surface area contributed by atoms with Crippen molar-refractivity contribution in [2.75, 3.05) is 13.6 Å². The monoisotopic (exact) mass is 464 g/mol. The van der Waals surface area contributed by atoms with E-state index in [1.807, 2.05) is 30.5 Å². The van der Waals surface area contributed by atoms with E-state index in [4.69, 9.17) is 0 Å². The average molecular weight is 465 g/mol. The number of hydrogen-bond donors (Lipinski definition) is 0. The molecule has 0 aliphatic carbocycles. The number of aryl methyl sites for hydroxylation is 1. The molecule has 0 aliphatic rings. The van der Waals surface area contributed by atoms with Crippen LogP contribution in [-0.4, -0.2) is 38.8 Å². The van der Waals surface area contributed by atoms with Gasteiger partial charge in [-0.2, -0.15) is 0 Å². The highest BCUT2D eigenvalue weighted by Crippen LogP contribution is 2.19. The summed E-state index contributed by atoms with van der Waals surface area (Å²) in [5.41, 5.74) is 3.84. The van der Waals surface area contributed by atoms with E-state index >= 15 is 0 Å². The summed E-state index contributed by atoms with van der Waals surface area (Å²) in [5, 5.41) is 0.571. The maximum absolute atomic E-state index is 13.1. The Morgan fingerprint density at radius 3 is 2.67 bits per heavy atom. The van der Waals surface area contributed by atoms with Gasteiger partial charge in [0.1, 0.15) is 5.65 Å². The Balaban J connectivity index is 0.00000306. The standard InChI is InChI=1S/C26H28N4O2.ClH/c1-18(2)20-9-11-23-22(15-20)26(32)30-17-21(10-12-24(30)28-23)25(31)29(3)14-5-4-7-19-8-6-13-27-16-19;/h6,8-13,15-18H,4-5,7,14H2,1-3H3;1H. The molecule has 0 saturated heterocycles. The van der Waals surface area contributed by atoms with Crippen molar-refractivity contribution in [2.24, 2.45) is 0 Å². The summed E-state index contributed by atoms with van der Waals surface area (Å²) >= 11 is 0. The minimum Gasteiger partial charge on any atom is -0.342 e. The van der Waals surface area contributed by atoms with Crippen LogP contribution in [0.3, 0.4) is 0 Å². The summed E-state index contributed by atoms with van der Waals surface area (Å²) in [6.45, 7) is 4.84. The van der Waals surface area contributed by atoms with E-state index in [0.29, 0.717) is 34.6 Å². The van der Waals surface area contributed by atoms with Crippen LogP contribution in [-0.2, 0) is 6.42 Å². The predicted molar refractivity (Wildman–Crippen MR) is 134 cm³/mol. The number of aromatic nitrogens is 3. The lowest BCUT2D eigenvalue weighted by atomic mass is 10.0. The van der Waals surface area contributed by atoms with Crippen LogP contribution in [0.1, 0.15) is 54.1 Å². The fourth-order valence-corrected chi connectivity index (χ4v) is 3.85. The number of unbranched alkanes of at least 4 members (excludes halogenated alkanes) is 1. The first kappa shape index (κ1) is 24.4. The van der Waals surface area contributed by atoms with Crippen molar-refractivity contribution in [1.82, 2.24) is 19.3 Å². The topological polar surface area (TPSA) is 67.6 Å². The lowest BCUT2D eigenvalue weighted by Gasteiger charge is -2.17. The van der Waals surface area contributed by atoms with Gasteiger partial charge in [0, 0.05) is 32.2 Å². The molecule has 4 aromatic rings. The van der Waals surface area contributed by atoms with Crippen LogP contribution >= 0.6 is 12.4 Å². The summed E-state index contributed by atoms with van der Waals surface area (Å²) < 4.78 is 1.48. The molecule has 1 aromatic carbocycles. The van der Waals surface area contributed by atoms with Gasteiger partial charge in [-0.15, -0.1) is 12.4 Å². The van der Waals surface area contributed by atoms with Gasteiger partial charge < -0.3 is 4.90 Å². The number of carbonyl (C=O) groups is 1. The highest BCUT2D eigenvalue weighted by atomic mass is 35.5. The zero-order chi connectivity index (χ0) is 22.7. The molecule has 0 fully saturated rings. The first-order chi connectivity index (χ1) is 15.4. The number of halogens is 1. The molecule has 0 saturated carbocycles. The fourth-order valence-electron chi connectivity index (χ4n) is 3.85. The molecule has 0 aliphatic heterocycles. The number of rotatable bonds is 7. The van der Waals surface area contributed by atoms with Crippen LogP contribution in [0.2, 0.25) is 0 Å². The molecule has 0 radical (unpaired) electrons. The van der Waals surface area contributed by atoms with Crippen molar-refractivity contribution < 1.29 is 4.79 Å². The van der Waals surface area contributed by atoms with Gasteiger partial charge in [-0.25, -0.2) is 4.98 Å². The smallest absolute Gasteiger partial charge is 0.265 e. The molecule has 0 spiro atoms. The lowest BCUT2D eigenvalue weighted by Crippen LogP contribution is -2.28. The molecule has 6 nitrogen and oxygen atoms in total.